The molecule has 30 heavy (non-hydrogen) atoms. The highest BCUT2D eigenvalue weighted by atomic mass is 32.1. The van der Waals surface area contributed by atoms with Crippen molar-refractivity contribution in [1.29, 1.82) is 0 Å². The Labute approximate surface area is 173 Å². The van der Waals surface area contributed by atoms with E-state index in [-0.39, 0.29) is 24.1 Å². The van der Waals surface area contributed by atoms with Gasteiger partial charge < -0.3 is 9.74 Å². The monoisotopic (exact) mass is 447 g/mol. The number of alkyl halides is 3. The van der Waals surface area contributed by atoms with E-state index in [9.17, 15) is 26.7 Å². The zero-order valence-electron chi connectivity index (χ0n) is 15.7. The van der Waals surface area contributed by atoms with Crippen molar-refractivity contribution >= 4 is 23.5 Å². The summed E-state index contributed by atoms with van der Waals surface area (Å²) in [6.07, 6.45) is -3.61. The molecular weight excluding hydrogens is 429 g/mol. The molecule has 162 valence electrons. The summed E-state index contributed by atoms with van der Waals surface area (Å²) in [6.45, 7) is 0.256. The highest BCUT2D eigenvalue weighted by Crippen LogP contribution is 2.31. The number of aromatic nitrogens is 1. The van der Waals surface area contributed by atoms with Gasteiger partial charge in [0.05, 0.1) is 10.7 Å². The molecule has 1 saturated heterocycles. The molecule has 1 aliphatic heterocycles. The van der Waals surface area contributed by atoms with Crippen LogP contribution in [-0.2, 0) is 16.1 Å². The van der Waals surface area contributed by atoms with Gasteiger partial charge in [0.15, 0.2) is 6.61 Å². The zero-order chi connectivity index (χ0) is 21.7. The van der Waals surface area contributed by atoms with Crippen LogP contribution >= 0.6 is 11.3 Å². The standard InChI is InChI=1S/C19H18F5N3O2S/c20-15-2-1-3-16(21)14(15)8-13-10-30-18(26-13)12-4-6-27(7-5-12)17(28)9-29-25-11-19(22,23)24/h1-3,10-12H,4-9H2/b25-11+. The number of carbonyl (C=O) groups is 1. The van der Waals surface area contributed by atoms with Crippen molar-refractivity contribution in [2.45, 2.75) is 31.4 Å². The lowest BCUT2D eigenvalue weighted by molar-refractivity contribution is -0.137. The van der Waals surface area contributed by atoms with Gasteiger partial charge in [-0.05, 0) is 25.0 Å². The molecule has 0 N–H and O–H groups in total. The van der Waals surface area contributed by atoms with Gasteiger partial charge in [-0.15, -0.1) is 11.3 Å². The average molecular weight is 447 g/mol. The average Bonchev–Trinajstić information content (AvgIpc) is 3.16. The molecule has 1 amide bonds. The van der Waals surface area contributed by atoms with Crippen molar-refractivity contribution in [3.8, 4) is 0 Å². The molecule has 0 saturated carbocycles. The van der Waals surface area contributed by atoms with Crippen molar-refractivity contribution in [1.82, 2.24) is 9.88 Å². The Bertz CT molecular complexity index is 888. The fraction of sp³-hybridized carbons (Fsp3) is 0.421. The highest BCUT2D eigenvalue weighted by molar-refractivity contribution is 7.09. The number of rotatable bonds is 6. The minimum atomic E-state index is -4.59. The van der Waals surface area contributed by atoms with Crippen LogP contribution in [0.25, 0.3) is 0 Å². The van der Waals surface area contributed by atoms with Gasteiger partial charge >= 0.3 is 6.18 Å². The van der Waals surface area contributed by atoms with Gasteiger partial charge in [-0.1, -0.05) is 11.2 Å². The zero-order valence-corrected chi connectivity index (χ0v) is 16.5. The molecule has 1 aromatic heterocycles. The number of amides is 1. The lowest BCUT2D eigenvalue weighted by Crippen LogP contribution is -2.39. The summed E-state index contributed by atoms with van der Waals surface area (Å²) in [4.78, 5) is 22.4. The summed E-state index contributed by atoms with van der Waals surface area (Å²) < 4.78 is 63.4. The molecule has 5 nitrogen and oxygen atoms in total. The fourth-order valence-electron chi connectivity index (χ4n) is 3.13. The van der Waals surface area contributed by atoms with E-state index in [0.717, 1.165) is 5.01 Å². The maximum absolute atomic E-state index is 13.8. The molecule has 0 atom stereocenters. The Morgan fingerprint density at radius 3 is 2.57 bits per heavy atom. The molecule has 2 heterocycles. The van der Waals surface area contributed by atoms with E-state index in [2.05, 4.69) is 15.0 Å². The maximum Gasteiger partial charge on any atom is 0.429 e. The van der Waals surface area contributed by atoms with Crippen LogP contribution in [0.5, 0.6) is 0 Å². The van der Waals surface area contributed by atoms with Crippen molar-refractivity contribution in [3.63, 3.8) is 0 Å². The topological polar surface area (TPSA) is 54.8 Å². The maximum atomic E-state index is 13.8. The van der Waals surface area contributed by atoms with E-state index in [1.165, 1.54) is 34.4 Å². The van der Waals surface area contributed by atoms with Crippen LogP contribution in [0.1, 0.15) is 35.0 Å². The van der Waals surface area contributed by atoms with E-state index in [1.807, 2.05) is 0 Å². The third-order valence-corrected chi connectivity index (χ3v) is 5.70. The Morgan fingerprint density at radius 1 is 1.27 bits per heavy atom. The van der Waals surface area contributed by atoms with Gasteiger partial charge in [0.1, 0.15) is 17.8 Å². The summed E-state index contributed by atoms with van der Waals surface area (Å²) in [7, 11) is 0. The van der Waals surface area contributed by atoms with Gasteiger partial charge in [-0.3, -0.25) is 4.79 Å². The molecule has 1 aliphatic rings. The van der Waals surface area contributed by atoms with Crippen molar-refractivity contribution < 1.29 is 31.6 Å². The van der Waals surface area contributed by atoms with E-state index in [4.69, 9.17) is 0 Å². The lowest BCUT2D eigenvalue weighted by Gasteiger charge is -2.30. The quantitative estimate of drug-likeness (QED) is 0.377. The minimum absolute atomic E-state index is 0.0250. The smallest absolute Gasteiger partial charge is 0.386 e. The number of hydrogen-bond donors (Lipinski definition) is 0. The molecule has 0 aliphatic carbocycles. The number of halogens is 5. The van der Waals surface area contributed by atoms with Gasteiger partial charge in [0.2, 0.25) is 0 Å². The number of hydrogen-bond acceptors (Lipinski definition) is 5. The summed E-state index contributed by atoms with van der Waals surface area (Å²) in [5.41, 5.74) is 0.552. The second kappa shape index (κ2) is 9.50. The third kappa shape index (κ3) is 5.97. The number of oxime groups is 1. The number of nitrogens with zero attached hydrogens (tertiary/aromatic N) is 3. The van der Waals surface area contributed by atoms with Crippen LogP contribution in [-0.4, -0.2) is 47.9 Å². The molecular formula is C19H18F5N3O2S. The molecule has 0 bridgehead atoms. The summed E-state index contributed by atoms with van der Waals surface area (Å²) >= 11 is 1.41. The number of piperidine rings is 1. The van der Waals surface area contributed by atoms with Gasteiger partial charge in [-0.25, -0.2) is 13.8 Å². The molecule has 2 aromatic rings. The number of likely N-dealkylation sites (tertiary alicyclic amines) is 1. The van der Waals surface area contributed by atoms with Crippen LogP contribution < -0.4 is 0 Å². The van der Waals surface area contributed by atoms with E-state index in [1.54, 1.807) is 5.38 Å². The molecule has 11 heteroatoms. The van der Waals surface area contributed by atoms with E-state index < -0.39 is 30.3 Å². The Morgan fingerprint density at radius 2 is 1.93 bits per heavy atom. The molecule has 1 fully saturated rings. The molecule has 0 spiro atoms. The van der Waals surface area contributed by atoms with Crippen molar-refractivity contribution in [2.75, 3.05) is 19.7 Å². The van der Waals surface area contributed by atoms with Crippen molar-refractivity contribution in [2.24, 2.45) is 5.16 Å². The SMILES string of the molecule is O=C(CO/N=C/C(F)(F)F)N1CCC(c2nc(Cc3c(F)cccc3F)cs2)CC1. The number of carbonyl (C=O) groups excluding carboxylic acids is 1. The fourth-order valence-corrected chi connectivity index (χ4v) is 4.12. The first-order valence-electron chi connectivity index (χ1n) is 9.11. The molecule has 0 radical (unpaired) electrons. The highest BCUT2D eigenvalue weighted by Gasteiger charge is 2.27. The van der Waals surface area contributed by atoms with Gasteiger partial charge in [0, 0.05) is 36.4 Å². The molecule has 1 aromatic carbocycles. The predicted octanol–water partition coefficient (Wildman–Crippen LogP) is 4.28. The van der Waals surface area contributed by atoms with Crippen LogP contribution in [0.2, 0.25) is 0 Å². The molecule has 3 rings (SSSR count). The van der Waals surface area contributed by atoms with Crippen molar-refractivity contribution in [3.05, 3.63) is 51.5 Å². The van der Waals surface area contributed by atoms with Crippen LogP contribution in [0.3, 0.4) is 0 Å². The first-order valence-corrected chi connectivity index (χ1v) is 9.99. The van der Waals surface area contributed by atoms with Gasteiger partial charge in [0.25, 0.3) is 5.91 Å². The lowest BCUT2D eigenvalue weighted by atomic mass is 9.97. The number of thiazole rings is 1. The second-order valence-corrected chi connectivity index (χ2v) is 7.65. The molecule has 0 unspecified atom stereocenters. The summed E-state index contributed by atoms with van der Waals surface area (Å²) in [6, 6.07) is 3.72. The minimum Gasteiger partial charge on any atom is -0.386 e. The van der Waals surface area contributed by atoms with Gasteiger partial charge in [-0.2, -0.15) is 13.2 Å². The Hall–Kier alpha value is -2.56. The van der Waals surface area contributed by atoms with E-state index in [0.29, 0.717) is 31.6 Å². The Kier molecular flexibility index (Phi) is 7.01. The largest absolute Gasteiger partial charge is 0.429 e. The summed E-state index contributed by atoms with van der Waals surface area (Å²) in [5.74, 6) is -1.57. The predicted molar refractivity (Wildman–Crippen MR) is 100 cm³/mol. The second-order valence-electron chi connectivity index (χ2n) is 6.76. The normalized spacial score (nSPS) is 15.7. The third-order valence-electron chi connectivity index (χ3n) is 4.65. The first kappa shape index (κ1) is 22.1. The van der Waals surface area contributed by atoms with Crippen LogP contribution in [0.15, 0.2) is 28.7 Å². The number of benzene rings is 1. The first-order chi connectivity index (χ1) is 14.2. The Balaban J connectivity index is 1.50. The van der Waals surface area contributed by atoms with Crippen LogP contribution in [0, 0.1) is 11.6 Å². The summed E-state index contributed by atoms with van der Waals surface area (Å²) in [5, 5.41) is 5.33. The van der Waals surface area contributed by atoms with E-state index >= 15 is 0 Å². The van der Waals surface area contributed by atoms with Crippen LogP contribution in [0.4, 0.5) is 22.0 Å².